The van der Waals surface area contributed by atoms with Gasteiger partial charge in [-0.15, -0.1) is 0 Å². The number of amides is 1. The number of allylic oxidation sites excluding steroid dienone is 3. The molecule has 69 heavy (non-hydrogen) atoms. The zero-order chi connectivity index (χ0) is 50.9. The third-order valence-corrected chi connectivity index (χ3v) is 15.4. The van der Waals surface area contributed by atoms with E-state index in [2.05, 4.69) is 6.92 Å². The van der Waals surface area contributed by atoms with E-state index in [0.717, 1.165) is 28.0 Å². The zero-order valence-corrected chi connectivity index (χ0v) is 43.4. The maximum Gasteiger partial charge on any atom is 0.329 e. The molecule has 4 aliphatic rings. The average molecular weight is 970 g/mol. The average Bonchev–Trinajstić information content (AvgIpc) is 3.32. The van der Waals surface area contributed by atoms with Gasteiger partial charge in [-0.3, -0.25) is 14.4 Å². The second-order valence-electron chi connectivity index (χ2n) is 20.7. The molecule has 15 unspecified atom stereocenters. The van der Waals surface area contributed by atoms with E-state index in [-0.39, 0.29) is 62.2 Å². The zero-order valence-electron chi connectivity index (χ0n) is 43.4. The molecule has 2 saturated heterocycles. The molecule has 3 N–H and O–H groups in total. The smallest absolute Gasteiger partial charge is 0.329 e. The van der Waals surface area contributed by atoms with E-state index in [0.29, 0.717) is 56.9 Å². The van der Waals surface area contributed by atoms with Crippen LogP contribution in [0.1, 0.15) is 135 Å². The molecular weight excluding hydrogens is 887 g/mol. The largest absolute Gasteiger partial charge is 0.496 e. The Labute approximate surface area is 410 Å². The molecule has 1 aromatic rings. The number of Topliss-reactive ketones (excluding diaryl/α,β-unsaturated/α-hetero) is 2. The Morgan fingerprint density at radius 2 is 1.54 bits per heavy atom. The molecule has 0 aromatic heterocycles. The predicted molar refractivity (Wildman–Crippen MR) is 259 cm³/mol. The van der Waals surface area contributed by atoms with Crippen LogP contribution in [0.3, 0.4) is 0 Å². The van der Waals surface area contributed by atoms with E-state index in [1.54, 1.807) is 28.1 Å². The van der Waals surface area contributed by atoms with Crippen LogP contribution in [-0.4, -0.2) is 140 Å². The van der Waals surface area contributed by atoms with Crippen LogP contribution >= 0.6 is 0 Å². The van der Waals surface area contributed by atoms with Crippen LogP contribution in [0.4, 0.5) is 0 Å². The van der Waals surface area contributed by atoms with Gasteiger partial charge in [-0.2, -0.15) is 0 Å². The molecule has 15 heteroatoms. The van der Waals surface area contributed by atoms with Crippen molar-refractivity contribution in [2.24, 2.45) is 29.6 Å². The number of carbonyl (C=O) groups excluding carboxylic acids is 4. The first kappa shape index (κ1) is 56.4. The van der Waals surface area contributed by atoms with Crippen molar-refractivity contribution in [3.8, 4) is 5.75 Å². The first-order chi connectivity index (χ1) is 32.7. The number of ketones is 2. The van der Waals surface area contributed by atoms with Gasteiger partial charge < -0.3 is 53.4 Å². The highest BCUT2D eigenvalue weighted by Gasteiger charge is 2.56. The highest BCUT2D eigenvalue weighted by molar-refractivity contribution is 6.39. The molecular formula is C54H83NO14. The molecule has 0 spiro atoms. The van der Waals surface area contributed by atoms with Gasteiger partial charge >= 0.3 is 5.97 Å². The van der Waals surface area contributed by atoms with E-state index in [1.807, 2.05) is 58.9 Å². The first-order valence-corrected chi connectivity index (χ1v) is 25.3. The minimum Gasteiger partial charge on any atom is -0.496 e. The fraction of sp³-hybridized carbons (Fsp3) is 0.741. The van der Waals surface area contributed by atoms with Gasteiger partial charge in [-0.25, -0.2) is 4.79 Å². The molecule has 3 fully saturated rings. The number of aliphatic hydroxyl groups is 3. The normalized spacial score (nSPS) is 35.6. The van der Waals surface area contributed by atoms with Crippen molar-refractivity contribution in [3.05, 3.63) is 52.1 Å². The summed E-state index contributed by atoms with van der Waals surface area (Å²) in [6.07, 6.45) is 3.14. The second kappa shape index (κ2) is 25.2. The quantitative estimate of drug-likeness (QED) is 0.118. The Hall–Kier alpha value is -3.54. The number of benzene rings is 1. The molecule has 1 aromatic carbocycles. The number of rotatable bonds is 11. The van der Waals surface area contributed by atoms with E-state index in [9.17, 15) is 34.5 Å². The maximum absolute atomic E-state index is 14.6. The van der Waals surface area contributed by atoms with Crippen LogP contribution < -0.4 is 4.74 Å². The summed E-state index contributed by atoms with van der Waals surface area (Å²) in [6, 6.07) is 2.65. The SMILES string of the molecule is CCC1C=C(C)CC(C)CC(OC)C2OC(O)(C(=O)C(=O)N3CCCCC3C(=O)OC(C(C)=CC3CCC(OCC(O)c4cc(C)c(OC)c(C)c4)C(OC)C3)C(C)C(O)CC1=O)C(C)CC2OC. The van der Waals surface area contributed by atoms with Crippen molar-refractivity contribution in [1.82, 2.24) is 4.90 Å². The Morgan fingerprint density at radius 3 is 2.16 bits per heavy atom. The Kier molecular flexibility index (Phi) is 20.6. The number of aryl methyl sites for hydroxylation is 2. The van der Waals surface area contributed by atoms with Crippen molar-refractivity contribution < 1.29 is 67.7 Å². The van der Waals surface area contributed by atoms with Gasteiger partial charge in [0.15, 0.2) is 0 Å². The number of piperidine rings is 1. The molecule has 15 nitrogen and oxygen atoms in total. The van der Waals surface area contributed by atoms with Crippen molar-refractivity contribution in [3.63, 3.8) is 0 Å². The highest BCUT2D eigenvalue weighted by atomic mass is 16.7. The summed E-state index contributed by atoms with van der Waals surface area (Å²) in [6.45, 7) is 15.2. The van der Waals surface area contributed by atoms with Gasteiger partial charge in [0.1, 0.15) is 35.9 Å². The first-order valence-electron chi connectivity index (χ1n) is 25.3. The number of hydrogen-bond acceptors (Lipinski definition) is 14. The molecule has 1 saturated carbocycles. The summed E-state index contributed by atoms with van der Waals surface area (Å²) in [4.78, 5) is 58.5. The number of esters is 1. The summed E-state index contributed by atoms with van der Waals surface area (Å²) in [7, 11) is 6.33. The van der Waals surface area contributed by atoms with Crippen LogP contribution in [0.15, 0.2) is 35.4 Å². The number of hydrogen-bond donors (Lipinski definition) is 3. The standard InChI is InChI=1S/C54H83NO14/c1-13-38-21-30(2)20-31(3)22-46(64-10)50-47(65-11)26-35(7)54(62,69-50)51(59)52(60)55-19-15-14-16-40(55)53(61)68-49(36(8)41(56)28-42(38)57)32(4)23-37-17-18-44(45(27-37)63-9)67-29-43(58)39-24-33(5)48(66-12)34(6)25-39/h21,23-25,31,35-38,40-41,43-47,49-50,56,58,62H,13-20,22,26-29H2,1-12H3. The summed E-state index contributed by atoms with van der Waals surface area (Å²) in [5, 5.41) is 35.1. The summed E-state index contributed by atoms with van der Waals surface area (Å²) >= 11 is 0. The summed E-state index contributed by atoms with van der Waals surface area (Å²) in [5.74, 6) is -6.91. The number of nitrogens with zero attached hydrogens (tertiary/aromatic N) is 1. The Bertz CT molecular complexity index is 1960. The van der Waals surface area contributed by atoms with Crippen LogP contribution in [0, 0.1) is 43.4 Å². The summed E-state index contributed by atoms with van der Waals surface area (Å²) < 4.78 is 42.2. The topological polar surface area (TPSA) is 197 Å². The number of ether oxygens (including phenoxy) is 7. The minimum absolute atomic E-state index is 0.0192. The lowest BCUT2D eigenvalue weighted by molar-refractivity contribution is -0.302. The summed E-state index contributed by atoms with van der Waals surface area (Å²) in [5.41, 5.74) is 4.24. The van der Waals surface area contributed by atoms with Crippen LogP contribution in [0.25, 0.3) is 0 Å². The molecule has 1 amide bonds. The number of cyclic esters (lactones) is 1. The fourth-order valence-electron chi connectivity index (χ4n) is 11.4. The van der Waals surface area contributed by atoms with E-state index >= 15 is 0 Å². The lowest BCUT2D eigenvalue weighted by atomic mass is 9.81. The Balaban J connectivity index is 1.44. The van der Waals surface area contributed by atoms with Gasteiger partial charge in [-0.05, 0) is 138 Å². The van der Waals surface area contributed by atoms with Gasteiger partial charge in [0.2, 0.25) is 5.79 Å². The monoisotopic (exact) mass is 970 g/mol. The number of fused-ring (bicyclic) bond motifs is 3. The van der Waals surface area contributed by atoms with E-state index in [1.165, 1.54) is 19.1 Å². The predicted octanol–water partition coefficient (Wildman–Crippen LogP) is 6.86. The van der Waals surface area contributed by atoms with E-state index < -0.39 is 83.9 Å². The molecule has 3 aliphatic heterocycles. The van der Waals surface area contributed by atoms with Crippen molar-refractivity contribution >= 4 is 23.4 Å². The van der Waals surface area contributed by atoms with Crippen molar-refractivity contribution in [2.75, 3.05) is 41.6 Å². The third kappa shape index (κ3) is 13.5. The second-order valence-corrected chi connectivity index (χ2v) is 20.7. The molecule has 1 aliphatic carbocycles. The number of carbonyl (C=O) groups is 4. The van der Waals surface area contributed by atoms with Crippen molar-refractivity contribution in [2.45, 2.75) is 187 Å². The van der Waals surface area contributed by atoms with Gasteiger partial charge in [0.25, 0.3) is 11.7 Å². The fourth-order valence-corrected chi connectivity index (χ4v) is 11.4. The molecule has 388 valence electrons. The van der Waals surface area contributed by atoms with Crippen LogP contribution in [0.2, 0.25) is 0 Å². The van der Waals surface area contributed by atoms with Gasteiger partial charge in [-0.1, -0.05) is 45.4 Å². The highest BCUT2D eigenvalue weighted by Crippen LogP contribution is 2.40. The van der Waals surface area contributed by atoms with Gasteiger partial charge in [0, 0.05) is 52.0 Å². The minimum atomic E-state index is -2.52. The molecule has 0 radical (unpaired) electrons. The van der Waals surface area contributed by atoms with Crippen LogP contribution in [-0.2, 0) is 47.6 Å². The van der Waals surface area contributed by atoms with Crippen LogP contribution in [0.5, 0.6) is 5.75 Å². The maximum atomic E-state index is 14.6. The lowest BCUT2D eigenvalue weighted by Crippen LogP contribution is -2.64. The number of methoxy groups -OCH3 is 4. The van der Waals surface area contributed by atoms with Gasteiger partial charge in [0.05, 0.1) is 44.2 Å². The lowest BCUT2D eigenvalue weighted by Gasteiger charge is -2.47. The van der Waals surface area contributed by atoms with E-state index in [4.69, 9.17) is 33.2 Å². The van der Waals surface area contributed by atoms with Crippen molar-refractivity contribution in [1.29, 1.82) is 0 Å². The molecule has 5 rings (SSSR count). The number of aliphatic hydroxyl groups excluding tert-OH is 2. The molecule has 2 bridgehead atoms. The third-order valence-electron chi connectivity index (χ3n) is 15.4. The Morgan fingerprint density at radius 1 is 0.884 bits per heavy atom. The molecule has 3 heterocycles. The molecule has 15 atom stereocenters.